The van der Waals surface area contributed by atoms with Gasteiger partial charge in [-0.3, -0.25) is 0 Å². The van der Waals surface area contributed by atoms with Crippen molar-refractivity contribution in [2.45, 2.75) is 19.8 Å². The maximum atomic E-state index is 10.6. The number of Topliss-reactive ketones (excluding diaryl/α,β-unsaturated/α-hetero) is 1. The van der Waals surface area contributed by atoms with E-state index >= 15 is 0 Å². The number of carbonyl (C=O) groups excluding carboxylic acids is 1. The predicted octanol–water partition coefficient (Wildman–Crippen LogP) is 0.942. The van der Waals surface area contributed by atoms with Crippen LogP contribution >= 0.6 is 0 Å². The fraction of sp³-hybridized carbons (Fsp3) is 0.500. The van der Waals surface area contributed by atoms with Gasteiger partial charge in [0, 0.05) is 32.3 Å². The molecule has 0 aliphatic carbocycles. The van der Waals surface area contributed by atoms with Crippen molar-refractivity contribution < 1.29 is 4.79 Å². The van der Waals surface area contributed by atoms with Crippen molar-refractivity contribution in [1.82, 2.24) is 9.55 Å². The van der Waals surface area contributed by atoms with Crippen LogP contribution in [-0.2, 0) is 18.3 Å². The van der Waals surface area contributed by atoms with Crippen LogP contribution in [-0.4, -0.2) is 15.3 Å². The van der Waals surface area contributed by atoms with Crippen LogP contribution < -0.4 is 0 Å². The van der Waals surface area contributed by atoms with Gasteiger partial charge in [-0.2, -0.15) is 0 Å². The second-order valence-corrected chi connectivity index (χ2v) is 2.66. The Hall–Kier alpha value is -1.12. The summed E-state index contributed by atoms with van der Waals surface area (Å²) in [5, 5.41) is 0. The molecule has 0 atom stereocenters. The van der Waals surface area contributed by atoms with E-state index in [4.69, 9.17) is 0 Å². The van der Waals surface area contributed by atoms with Gasteiger partial charge in [0.2, 0.25) is 0 Å². The Kier molecular flexibility index (Phi) is 2.41. The summed E-state index contributed by atoms with van der Waals surface area (Å²) in [7, 11) is 1.93. The van der Waals surface area contributed by atoms with E-state index < -0.39 is 0 Å². The fourth-order valence-electron chi connectivity index (χ4n) is 0.925. The average Bonchev–Trinajstić information content (AvgIpc) is 2.31. The Bertz CT molecular complexity index is 252. The van der Waals surface area contributed by atoms with Crippen LogP contribution in [0.5, 0.6) is 0 Å². The zero-order chi connectivity index (χ0) is 8.27. The molecule has 1 aromatic rings. The molecule has 0 bridgehead atoms. The fourth-order valence-corrected chi connectivity index (χ4v) is 0.925. The minimum atomic E-state index is 0.216. The van der Waals surface area contributed by atoms with Gasteiger partial charge in [0.05, 0.1) is 0 Å². The van der Waals surface area contributed by atoms with E-state index in [1.54, 1.807) is 13.1 Å². The molecule has 3 heteroatoms. The van der Waals surface area contributed by atoms with Gasteiger partial charge >= 0.3 is 0 Å². The van der Waals surface area contributed by atoms with E-state index in [1.165, 1.54) is 0 Å². The van der Waals surface area contributed by atoms with E-state index in [9.17, 15) is 4.79 Å². The number of ketones is 1. The second-order valence-electron chi connectivity index (χ2n) is 2.66. The first-order valence-electron chi connectivity index (χ1n) is 3.66. The Labute approximate surface area is 66.1 Å². The van der Waals surface area contributed by atoms with Crippen molar-refractivity contribution in [2.24, 2.45) is 7.05 Å². The first-order valence-corrected chi connectivity index (χ1v) is 3.66. The molecular weight excluding hydrogens is 140 g/mol. The zero-order valence-electron chi connectivity index (χ0n) is 6.87. The van der Waals surface area contributed by atoms with Crippen LogP contribution in [0.15, 0.2) is 12.4 Å². The summed E-state index contributed by atoms with van der Waals surface area (Å²) in [6.45, 7) is 1.60. The quantitative estimate of drug-likeness (QED) is 0.646. The molecule has 1 rings (SSSR count). The normalized spacial score (nSPS) is 10.0. The van der Waals surface area contributed by atoms with Crippen molar-refractivity contribution in [3.8, 4) is 0 Å². The first kappa shape index (κ1) is 7.98. The van der Waals surface area contributed by atoms with Crippen LogP contribution in [0.1, 0.15) is 19.2 Å². The highest BCUT2D eigenvalue weighted by atomic mass is 16.1. The Balaban J connectivity index is 2.51. The van der Waals surface area contributed by atoms with Crippen molar-refractivity contribution in [3.63, 3.8) is 0 Å². The highest BCUT2D eigenvalue weighted by Crippen LogP contribution is 1.98. The molecule has 0 aliphatic heterocycles. The average molecular weight is 152 g/mol. The lowest BCUT2D eigenvalue weighted by Crippen LogP contribution is -2.00. The molecule has 0 spiro atoms. The highest BCUT2D eigenvalue weighted by Gasteiger charge is 1.99. The molecular formula is C8H12N2O. The summed E-state index contributed by atoms with van der Waals surface area (Å²) in [5.74, 6) is 1.19. The van der Waals surface area contributed by atoms with Crippen molar-refractivity contribution in [2.75, 3.05) is 0 Å². The Morgan fingerprint density at radius 2 is 2.45 bits per heavy atom. The SMILES string of the molecule is CC(=O)CCc1nccn1C. The third-order valence-electron chi connectivity index (χ3n) is 1.62. The first-order chi connectivity index (χ1) is 5.20. The maximum Gasteiger partial charge on any atom is 0.130 e. The van der Waals surface area contributed by atoms with E-state index in [0.29, 0.717) is 6.42 Å². The molecule has 0 fully saturated rings. The minimum absolute atomic E-state index is 0.216. The monoisotopic (exact) mass is 152 g/mol. The van der Waals surface area contributed by atoms with Gasteiger partial charge in [-0.15, -0.1) is 0 Å². The molecule has 60 valence electrons. The van der Waals surface area contributed by atoms with Crippen molar-refractivity contribution in [1.29, 1.82) is 0 Å². The van der Waals surface area contributed by atoms with Crippen LogP contribution in [0.3, 0.4) is 0 Å². The highest BCUT2D eigenvalue weighted by molar-refractivity contribution is 5.75. The number of aromatic nitrogens is 2. The number of aryl methyl sites for hydroxylation is 2. The van der Waals surface area contributed by atoms with Gasteiger partial charge in [-0.1, -0.05) is 0 Å². The largest absolute Gasteiger partial charge is 0.338 e. The summed E-state index contributed by atoms with van der Waals surface area (Å²) in [6.07, 6.45) is 4.97. The van der Waals surface area contributed by atoms with Gasteiger partial charge in [-0.05, 0) is 6.92 Å². The van der Waals surface area contributed by atoms with Gasteiger partial charge < -0.3 is 9.36 Å². The summed E-state index contributed by atoms with van der Waals surface area (Å²) in [5.41, 5.74) is 0. The lowest BCUT2D eigenvalue weighted by Gasteiger charge is -1.97. The number of carbonyl (C=O) groups is 1. The minimum Gasteiger partial charge on any atom is -0.338 e. The van der Waals surface area contributed by atoms with Crippen LogP contribution in [0.4, 0.5) is 0 Å². The predicted molar refractivity (Wildman–Crippen MR) is 42.2 cm³/mol. The lowest BCUT2D eigenvalue weighted by atomic mass is 10.2. The van der Waals surface area contributed by atoms with E-state index in [0.717, 1.165) is 12.2 Å². The standard InChI is InChI=1S/C8H12N2O/c1-7(11)3-4-8-9-5-6-10(8)2/h5-6H,3-4H2,1-2H3. The Morgan fingerprint density at radius 3 is 2.91 bits per heavy atom. The van der Waals surface area contributed by atoms with Gasteiger partial charge in [0.1, 0.15) is 11.6 Å². The summed E-state index contributed by atoms with van der Waals surface area (Å²) >= 11 is 0. The molecule has 0 aliphatic rings. The van der Waals surface area contributed by atoms with Gasteiger partial charge in [0.15, 0.2) is 0 Å². The Morgan fingerprint density at radius 1 is 1.73 bits per heavy atom. The summed E-state index contributed by atoms with van der Waals surface area (Å²) in [4.78, 5) is 14.7. The molecule has 3 nitrogen and oxygen atoms in total. The molecule has 1 heterocycles. The molecule has 0 N–H and O–H groups in total. The molecule has 0 amide bonds. The molecule has 1 aromatic heterocycles. The van der Waals surface area contributed by atoms with E-state index in [2.05, 4.69) is 4.98 Å². The molecule has 0 aromatic carbocycles. The topological polar surface area (TPSA) is 34.9 Å². The smallest absolute Gasteiger partial charge is 0.130 e. The van der Waals surface area contributed by atoms with Crippen LogP contribution in [0.25, 0.3) is 0 Å². The zero-order valence-corrected chi connectivity index (χ0v) is 6.87. The van der Waals surface area contributed by atoms with Crippen LogP contribution in [0, 0.1) is 0 Å². The van der Waals surface area contributed by atoms with Crippen molar-refractivity contribution >= 4 is 5.78 Å². The molecule has 11 heavy (non-hydrogen) atoms. The molecule has 0 radical (unpaired) electrons. The second kappa shape index (κ2) is 3.32. The van der Waals surface area contributed by atoms with Gasteiger partial charge in [-0.25, -0.2) is 4.98 Å². The van der Waals surface area contributed by atoms with Gasteiger partial charge in [0.25, 0.3) is 0 Å². The number of imidazole rings is 1. The van der Waals surface area contributed by atoms with E-state index in [1.807, 2.05) is 17.8 Å². The number of nitrogens with zero attached hydrogens (tertiary/aromatic N) is 2. The number of hydrogen-bond donors (Lipinski definition) is 0. The third kappa shape index (κ3) is 2.18. The summed E-state index contributed by atoms with van der Waals surface area (Å²) in [6, 6.07) is 0. The van der Waals surface area contributed by atoms with Crippen LogP contribution in [0.2, 0.25) is 0 Å². The number of hydrogen-bond acceptors (Lipinski definition) is 2. The molecule has 0 saturated heterocycles. The molecule has 0 saturated carbocycles. The van der Waals surface area contributed by atoms with E-state index in [-0.39, 0.29) is 5.78 Å². The lowest BCUT2D eigenvalue weighted by molar-refractivity contribution is -0.117. The molecule has 0 unspecified atom stereocenters. The number of rotatable bonds is 3. The van der Waals surface area contributed by atoms with Crippen molar-refractivity contribution in [3.05, 3.63) is 18.2 Å². The third-order valence-corrected chi connectivity index (χ3v) is 1.62. The maximum absolute atomic E-state index is 10.6. The summed E-state index contributed by atoms with van der Waals surface area (Å²) < 4.78 is 1.93.